The van der Waals surface area contributed by atoms with Gasteiger partial charge in [0.05, 0.1) is 6.04 Å². The van der Waals surface area contributed by atoms with Gasteiger partial charge in [-0.05, 0) is 44.3 Å². The zero-order valence-corrected chi connectivity index (χ0v) is 13.9. The molecule has 2 fully saturated rings. The van der Waals surface area contributed by atoms with Crippen molar-refractivity contribution >= 4 is 22.4 Å². The smallest absolute Gasteiger partial charge is 0.229 e. The van der Waals surface area contributed by atoms with Gasteiger partial charge >= 0.3 is 0 Å². The summed E-state index contributed by atoms with van der Waals surface area (Å²) in [6.07, 6.45) is 6.49. The van der Waals surface area contributed by atoms with Crippen LogP contribution in [0.5, 0.6) is 0 Å². The molecule has 2 aliphatic rings. The lowest BCUT2D eigenvalue weighted by atomic mass is 10.0. The fraction of sp³-hybridized carbons (Fsp3) is 0.444. The third-order valence-electron chi connectivity index (χ3n) is 4.59. The van der Waals surface area contributed by atoms with Crippen molar-refractivity contribution < 1.29 is 4.79 Å². The lowest BCUT2D eigenvalue weighted by molar-refractivity contribution is -0.117. The number of amides is 1. The van der Waals surface area contributed by atoms with E-state index in [1.165, 1.54) is 23.3 Å². The molecule has 1 atom stereocenters. The first-order valence-corrected chi connectivity index (χ1v) is 9.18. The van der Waals surface area contributed by atoms with Crippen LogP contribution in [0.1, 0.15) is 42.2 Å². The largest absolute Gasteiger partial charge is 0.302 e. The second kappa shape index (κ2) is 6.42. The molecule has 0 bridgehead atoms. The number of hydrogen-bond acceptors (Lipinski definition) is 4. The van der Waals surface area contributed by atoms with E-state index in [0.717, 1.165) is 31.1 Å². The molecule has 1 aliphatic heterocycles. The summed E-state index contributed by atoms with van der Waals surface area (Å²) in [5.41, 5.74) is 1.30. The highest BCUT2D eigenvalue weighted by Gasteiger charge is 2.31. The molecular weight excluding hydrogens is 306 g/mol. The van der Waals surface area contributed by atoms with Crippen LogP contribution in [0.15, 0.2) is 36.5 Å². The molecule has 2 heterocycles. The number of anilines is 1. The summed E-state index contributed by atoms with van der Waals surface area (Å²) in [5, 5.41) is 3.70. The quantitative estimate of drug-likeness (QED) is 0.911. The van der Waals surface area contributed by atoms with Gasteiger partial charge in [0.2, 0.25) is 5.91 Å². The van der Waals surface area contributed by atoms with Crippen molar-refractivity contribution in [2.45, 2.75) is 31.7 Å². The molecule has 1 aliphatic carbocycles. The maximum Gasteiger partial charge on any atom is 0.229 e. The van der Waals surface area contributed by atoms with Crippen LogP contribution in [0.4, 0.5) is 5.13 Å². The molecule has 0 spiro atoms. The van der Waals surface area contributed by atoms with Crippen LogP contribution < -0.4 is 5.32 Å². The van der Waals surface area contributed by atoms with E-state index in [0.29, 0.717) is 0 Å². The van der Waals surface area contributed by atoms with Gasteiger partial charge in [-0.15, -0.1) is 0 Å². The summed E-state index contributed by atoms with van der Waals surface area (Å²) in [6, 6.07) is 10.9. The van der Waals surface area contributed by atoms with Crippen LogP contribution in [-0.2, 0) is 4.79 Å². The standard InChI is InChI=1S/C18H21N3OS/c22-17(14-8-9-14)20-18-19-12-15(23-18)16(21-10-4-5-11-21)13-6-2-1-3-7-13/h1-3,6-7,12,14,16H,4-5,8-11H2,(H,19,20,22). The zero-order valence-electron chi connectivity index (χ0n) is 13.1. The number of hydrogen-bond donors (Lipinski definition) is 1. The number of aromatic nitrogens is 1. The minimum absolute atomic E-state index is 0.128. The van der Waals surface area contributed by atoms with Gasteiger partial charge in [-0.1, -0.05) is 41.7 Å². The first kappa shape index (κ1) is 14.8. The number of rotatable bonds is 5. The number of likely N-dealkylation sites (tertiary alicyclic amines) is 1. The van der Waals surface area contributed by atoms with Crippen molar-refractivity contribution in [3.8, 4) is 0 Å². The minimum atomic E-state index is 0.128. The summed E-state index contributed by atoms with van der Waals surface area (Å²) < 4.78 is 0. The zero-order chi connectivity index (χ0) is 15.6. The van der Waals surface area contributed by atoms with Gasteiger partial charge in [-0.3, -0.25) is 9.69 Å². The Morgan fingerprint density at radius 1 is 1.22 bits per heavy atom. The van der Waals surface area contributed by atoms with Crippen molar-refractivity contribution in [3.63, 3.8) is 0 Å². The number of nitrogens with zero attached hydrogens (tertiary/aromatic N) is 2. The van der Waals surface area contributed by atoms with Gasteiger partial charge in [-0.25, -0.2) is 4.98 Å². The van der Waals surface area contributed by atoms with Crippen LogP contribution >= 0.6 is 11.3 Å². The van der Waals surface area contributed by atoms with E-state index in [-0.39, 0.29) is 17.9 Å². The Morgan fingerprint density at radius 3 is 2.65 bits per heavy atom. The highest BCUT2D eigenvalue weighted by molar-refractivity contribution is 7.15. The molecule has 1 N–H and O–H groups in total. The number of benzene rings is 1. The molecule has 1 amide bonds. The average molecular weight is 327 g/mol. The van der Waals surface area contributed by atoms with Gasteiger partial charge in [0.1, 0.15) is 0 Å². The highest BCUT2D eigenvalue weighted by atomic mass is 32.1. The van der Waals surface area contributed by atoms with E-state index in [1.54, 1.807) is 11.3 Å². The van der Waals surface area contributed by atoms with Gasteiger partial charge < -0.3 is 5.32 Å². The van der Waals surface area contributed by atoms with Crippen molar-refractivity contribution in [1.82, 2.24) is 9.88 Å². The van der Waals surface area contributed by atoms with E-state index in [2.05, 4.69) is 45.5 Å². The molecule has 4 rings (SSSR count). The van der Waals surface area contributed by atoms with Crippen molar-refractivity contribution in [3.05, 3.63) is 47.0 Å². The van der Waals surface area contributed by atoms with Gasteiger partial charge in [-0.2, -0.15) is 0 Å². The second-order valence-electron chi connectivity index (χ2n) is 6.39. The molecule has 120 valence electrons. The predicted octanol–water partition coefficient (Wildman–Crippen LogP) is 3.68. The fourth-order valence-corrected chi connectivity index (χ4v) is 4.20. The number of thiazole rings is 1. The summed E-state index contributed by atoms with van der Waals surface area (Å²) in [6.45, 7) is 2.25. The lowest BCUT2D eigenvalue weighted by Gasteiger charge is -2.26. The molecule has 0 radical (unpaired) electrons. The normalized spacial score (nSPS) is 19.7. The number of carbonyl (C=O) groups is 1. The summed E-state index contributed by atoms with van der Waals surface area (Å²) >= 11 is 1.61. The van der Waals surface area contributed by atoms with Crippen molar-refractivity contribution in [2.75, 3.05) is 18.4 Å². The van der Waals surface area contributed by atoms with Gasteiger partial charge in [0.15, 0.2) is 5.13 Å². The van der Waals surface area contributed by atoms with Crippen LogP contribution in [0, 0.1) is 5.92 Å². The Morgan fingerprint density at radius 2 is 1.96 bits per heavy atom. The predicted molar refractivity (Wildman–Crippen MR) is 92.6 cm³/mol. The third-order valence-corrected chi connectivity index (χ3v) is 5.56. The maximum absolute atomic E-state index is 11.9. The van der Waals surface area contributed by atoms with E-state index in [9.17, 15) is 4.79 Å². The first-order valence-electron chi connectivity index (χ1n) is 8.37. The Labute approximate surface area is 140 Å². The van der Waals surface area contributed by atoms with Crippen LogP contribution in [0.3, 0.4) is 0 Å². The van der Waals surface area contributed by atoms with E-state index in [4.69, 9.17) is 0 Å². The van der Waals surface area contributed by atoms with E-state index >= 15 is 0 Å². The summed E-state index contributed by atoms with van der Waals surface area (Å²) in [5.74, 6) is 0.342. The Hall–Kier alpha value is -1.72. The number of carbonyl (C=O) groups excluding carboxylic acids is 1. The summed E-state index contributed by atoms with van der Waals surface area (Å²) in [4.78, 5) is 20.1. The topological polar surface area (TPSA) is 45.2 Å². The molecule has 1 saturated heterocycles. The van der Waals surface area contributed by atoms with E-state index < -0.39 is 0 Å². The third kappa shape index (κ3) is 3.31. The van der Waals surface area contributed by atoms with Gasteiger partial charge in [0.25, 0.3) is 0 Å². The van der Waals surface area contributed by atoms with Crippen LogP contribution in [-0.4, -0.2) is 28.9 Å². The van der Waals surface area contributed by atoms with Gasteiger partial charge in [0, 0.05) is 17.0 Å². The van der Waals surface area contributed by atoms with Crippen LogP contribution in [0.25, 0.3) is 0 Å². The second-order valence-corrected chi connectivity index (χ2v) is 7.45. The fourth-order valence-electron chi connectivity index (χ4n) is 3.21. The SMILES string of the molecule is O=C(Nc1ncc(C(c2ccccc2)N2CCCC2)s1)C1CC1. The molecule has 5 heteroatoms. The first-order chi connectivity index (χ1) is 11.3. The van der Waals surface area contributed by atoms with Crippen molar-refractivity contribution in [2.24, 2.45) is 5.92 Å². The molecule has 1 saturated carbocycles. The molecule has 1 unspecified atom stereocenters. The minimum Gasteiger partial charge on any atom is -0.302 e. The molecule has 1 aromatic heterocycles. The molecule has 23 heavy (non-hydrogen) atoms. The molecule has 2 aromatic rings. The molecule has 4 nitrogen and oxygen atoms in total. The monoisotopic (exact) mass is 327 g/mol. The lowest BCUT2D eigenvalue weighted by Crippen LogP contribution is -2.25. The molecule has 1 aromatic carbocycles. The Bertz CT molecular complexity index is 675. The Balaban J connectivity index is 1.58. The average Bonchev–Trinajstić information content (AvgIpc) is 3.12. The Kier molecular flexibility index (Phi) is 4.14. The summed E-state index contributed by atoms with van der Waals surface area (Å²) in [7, 11) is 0. The maximum atomic E-state index is 11.9. The molecular formula is C18H21N3OS. The van der Waals surface area contributed by atoms with Crippen molar-refractivity contribution in [1.29, 1.82) is 0 Å². The van der Waals surface area contributed by atoms with E-state index in [1.807, 2.05) is 6.20 Å². The highest BCUT2D eigenvalue weighted by Crippen LogP contribution is 2.36. The number of nitrogens with one attached hydrogen (secondary N) is 1. The van der Waals surface area contributed by atoms with Crippen LogP contribution in [0.2, 0.25) is 0 Å².